The van der Waals surface area contributed by atoms with Gasteiger partial charge in [0.25, 0.3) is 5.79 Å². The van der Waals surface area contributed by atoms with Crippen LogP contribution in [-0.4, -0.2) is 86.9 Å². The summed E-state index contributed by atoms with van der Waals surface area (Å²) in [6.45, 7) is 5.17. The maximum absolute atomic E-state index is 12.3. The molecular weight excluding hydrogens is 380 g/mol. The summed E-state index contributed by atoms with van der Waals surface area (Å²) in [5.74, 6) is -4.86. The number of hydrogen-bond donors (Lipinski definition) is 5. The molecule has 1 fully saturated rings. The zero-order valence-corrected chi connectivity index (χ0v) is 16.3. The van der Waals surface area contributed by atoms with Crippen molar-refractivity contribution in [3.8, 4) is 0 Å². The Morgan fingerprint density at radius 2 is 1.75 bits per heavy atom. The number of esters is 1. The van der Waals surface area contributed by atoms with Crippen molar-refractivity contribution in [2.24, 2.45) is 5.92 Å². The smallest absolute Gasteiger partial charge is 0.431 e. The molecule has 0 bridgehead atoms. The molecule has 0 aromatic heterocycles. The Bertz CT molecular complexity index is 523. The van der Waals surface area contributed by atoms with Crippen molar-refractivity contribution in [1.29, 1.82) is 0 Å². The zero-order chi connectivity index (χ0) is 21.6. The highest BCUT2D eigenvalue weighted by Gasteiger charge is 2.53. The summed E-state index contributed by atoms with van der Waals surface area (Å²) in [6.07, 6.45) is -8.70. The number of aliphatic hydroxyl groups is 5. The predicted molar refractivity (Wildman–Crippen MR) is 91.6 cm³/mol. The topological polar surface area (TPSA) is 172 Å². The third-order valence-corrected chi connectivity index (χ3v) is 4.16. The molecule has 0 aromatic rings. The van der Waals surface area contributed by atoms with E-state index < -0.39 is 73.7 Å². The molecule has 1 saturated heterocycles. The van der Waals surface area contributed by atoms with E-state index >= 15 is 0 Å². The van der Waals surface area contributed by atoms with Crippen LogP contribution in [0.3, 0.4) is 0 Å². The number of carbonyl (C=O) groups is 2. The summed E-state index contributed by atoms with van der Waals surface area (Å²) in [6, 6.07) is 0. The molecule has 0 spiro atoms. The molecule has 0 saturated carbocycles. The van der Waals surface area contributed by atoms with Crippen molar-refractivity contribution in [3.63, 3.8) is 0 Å². The average Bonchev–Trinajstić information content (AvgIpc) is 2.52. The highest BCUT2D eigenvalue weighted by atomic mass is 16.8. The molecule has 0 aliphatic carbocycles. The van der Waals surface area contributed by atoms with Gasteiger partial charge in [0.05, 0.1) is 37.1 Å². The Labute approximate surface area is 162 Å². The van der Waals surface area contributed by atoms with Crippen molar-refractivity contribution in [1.82, 2.24) is 0 Å². The molecule has 7 atom stereocenters. The van der Waals surface area contributed by atoms with Gasteiger partial charge in [-0.1, -0.05) is 0 Å². The maximum Gasteiger partial charge on any atom is 0.511 e. The third-order valence-electron chi connectivity index (χ3n) is 4.16. The molecule has 6 unspecified atom stereocenters. The minimum atomic E-state index is -2.61. The lowest BCUT2D eigenvalue weighted by atomic mass is 9.81. The number of aliphatic hydroxyl groups excluding tert-OH is 4. The fourth-order valence-electron chi connectivity index (χ4n) is 2.98. The van der Waals surface area contributed by atoms with E-state index in [1.165, 1.54) is 13.8 Å². The SMILES string of the molecule is CC(C)OC(=O)OC(C)OC(=O)C1(O)CC(O)C(C(C)O)C(C[C@H](O)CO)O1. The summed E-state index contributed by atoms with van der Waals surface area (Å²) in [7, 11) is 0. The van der Waals surface area contributed by atoms with Gasteiger partial charge in [-0.2, -0.15) is 0 Å². The largest absolute Gasteiger partial charge is 0.511 e. The van der Waals surface area contributed by atoms with Crippen LogP contribution in [-0.2, 0) is 23.7 Å². The molecule has 0 radical (unpaired) electrons. The van der Waals surface area contributed by atoms with Gasteiger partial charge >= 0.3 is 12.1 Å². The monoisotopic (exact) mass is 410 g/mol. The Kier molecular flexibility index (Phi) is 9.05. The van der Waals surface area contributed by atoms with E-state index in [2.05, 4.69) is 0 Å². The summed E-state index contributed by atoms with van der Waals surface area (Å²) in [5.41, 5.74) is 0. The summed E-state index contributed by atoms with van der Waals surface area (Å²) in [5, 5.41) is 49.4. The quantitative estimate of drug-likeness (QED) is 0.246. The molecular formula is C17H30O11. The van der Waals surface area contributed by atoms with Gasteiger partial charge in [-0.25, -0.2) is 9.59 Å². The predicted octanol–water partition coefficient (Wildman–Crippen LogP) is -0.984. The first-order valence-corrected chi connectivity index (χ1v) is 9.03. The molecule has 1 rings (SSSR count). The van der Waals surface area contributed by atoms with E-state index in [0.717, 1.165) is 0 Å². The summed E-state index contributed by atoms with van der Waals surface area (Å²) < 4.78 is 19.6. The Balaban J connectivity index is 2.84. The van der Waals surface area contributed by atoms with Gasteiger partial charge in [0.15, 0.2) is 0 Å². The molecule has 164 valence electrons. The van der Waals surface area contributed by atoms with Crippen LogP contribution in [0.4, 0.5) is 4.79 Å². The van der Waals surface area contributed by atoms with Crippen LogP contribution in [0.5, 0.6) is 0 Å². The molecule has 1 aliphatic rings. The second kappa shape index (κ2) is 10.3. The Hall–Kier alpha value is -1.50. The molecule has 5 N–H and O–H groups in total. The zero-order valence-electron chi connectivity index (χ0n) is 16.3. The average molecular weight is 410 g/mol. The van der Waals surface area contributed by atoms with E-state index in [1.54, 1.807) is 13.8 Å². The van der Waals surface area contributed by atoms with Crippen LogP contribution < -0.4 is 0 Å². The van der Waals surface area contributed by atoms with Gasteiger partial charge in [-0.05, 0) is 20.8 Å². The molecule has 28 heavy (non-hydrogen) atoms. The lowest BCUT2D eigenvalue weighted by molar-refractivity contribution is -0.303. The highest BCUT2D eigenvalue weighted by molar-refractivity contribution is 5.78. The summed E-state index contributed by atoms with van der Waals surface area (Å²) in [4.78, 5) is 23.8. The van der Waals surface area contributed by atoms with Gasteiger partial charge < -0.3 is 44.5 Å². The van der Waals surface area contributed by atoms with Gasteiger partial charge in [-0.15, -0.1) is 0 Å². The number of carbonyl (C=O) groups excluding carboxylic acids is 2. The van der Waals surface area contributed by atoms with Crippen LogP contribution >= 0.6 is 0 Å². The van der Waals surface area contributed by atoms with Gasteiger partial charge in [-0.3, -0.25) is 0 Å². The second-order valence-corrected chi connectivity index (χ2v) is 7.11. The first-order chi connectivity index (χ1) is 12.9. The van der Waals surface area contributed by atoms with Crippen molar-refractivity contribution >= 4 is 12.1 Å². The van der Waals surface area contributed by atoms with Crippen molar-refractivity contribution < 1.29 is 54.1 Å². The van der Waals surface area contributed by atoms with E-state index in [0.29, 0.717) is 0 Å². The molecule has 11 nitrogen and oxygen atoms in total. The Morgan fingerprint density at radius 3 is 2.25 bits per heavy atom. The van der Waals surface area contributed by atoms with Crippen molar-refractivity contribution in [2.75, 3.05) is 6.61 Å². The van der Waals surface area contributed by atoms with Crippen molar-refractivity contribution in [2.45, 2.75) is 83.1 Å². The minimum absolute atomic E-state index is 0.258. The molecule has 11 heteroatoms. The second-order valence-electron chi connectivity index (χ2n) is 7.11. The van der Waals surface area contributed by atoms with Crippen LogP contribution in [0.2, 0.25) is 0 Å². The maximum atomic E-state index is 12.3. The fraction of sp³-hybridized carbons (Fsp3) is 0.882. The van der Waals surface area contributed by atoms with E-state index in [1.807, 2.05) is 0 Å². The van der Waals surface area contributed by atoms with Gasteiger partial charge in [0.1, 0.15) is 0 Å². The lowest BCUT2D eigenvalue weighted by Gasteiger charge is -2.44. The summed E-state index contributed by atoms with van der Waals surface area (Å²) >= 11 is 0. The fourth-order valence-corrected chi connectivity index (χ4v) is 2.98. The van der Waals surface area contributed by atoms with Crippen LogP contribution in [0, 0.1) is 5.92 Å². The number of hydrogen-bond acceptors (Lipinski definition) is 11. The minimum Gasteiger partial charge on any atom is -0.431 e. The first kappa shape index (κ1) is 24.5. The van der Waals surface area contributed by atoms with Gasteiger partial charge in [0.2, 0.25) is 6.29 Å². The standard InChI is InChI=1S/C17H30O11/c1-8(2)25-16(23)27-10(4)26-15(22)17(24)6-12(21)14(9(3)19)13(28-17)5-11(20)7-18/h8-14,18-21,24H,5-7H2,1-4H3/t9?,10?,11-,12?,13?,14?,17?/m0/s1. The van der Waals surface area contributed by atoms with Crippen LogP contribution in [0.15, 0.2) is 0 Å². The van der Waals surface area contributed by atoms with Crippen LogP contribution in [0.1, 0.15) is 40.5 Å². The molecule has 1 heterocycles. The Morgan fingerprint density at radius 1 is 1.14 bits per heavy atom. The van der Waals surface area contributed by atoms with E-state index in [-0.39, 0.29) is 6.42 Å². The number of rotatable bonds is 8. The van der Waals surface area contributed by atoms with E-state index in [4.69, 9.17) is 24.1 Å². The normalized spacial score (nSPS) is 31.0. The molecule has 0 amide bonds. The van der Waals surface area contributed by atoms with Crippen molar-refractivity contribution in [3.05, 3.63) is 0 Å². The highest BCUT2D eigenvalue weighted by Crippen LogP contribution is 2.36. The number of ether oxygens (including phenoxy) is 4. The molecule has 0 aromatic carbocycles. The third kappa shape index (κ3) is 6.83. The first-order valence-electron chi connectivity index (χ1n) is 9.03. The lowest BCUT2D eigenvalue weighted by Crippen LogP contribution is -2.59. The molecule has 1 aliphatic heterocycles. The van der Waals surface area contributed by atoms with Crippen LogP contribution in [0.25, 0.3) is 0 Å². The van der Waals surface area contributed by atoms with Gasteiger partial charge in [0, 0.05) is 25.7 Å². The van der Waals surface area contributed by atoms with E-state index in [9.17, 15) is 30.0 Å².